The van der Waals surface area contributed by atoms with E-state index in [1.807, 2.05) is 56.3 Å². The molecule has 3 aromatic rings. The van der Waals surface area contributed by atoms with Crippen LogP contribution in [0.15, 0.2) is 48.5 Å². The molecule has 0 radical (unpaired) electrons. The number of carbonyl (C=O) groups excluding carboxylic acids is 2. The van der Waals surface area contributed by atoms with Crippen molar-refractivity contribution in [3.63, 3.8) is 0 Å². The number of nitrogens with one attached hydrogen (secondary N) is 2. The third kappa shape index (κ3) is 6.50. The summed E-state index contributed by atoms with van der Waals surface area (Å²) in [6.07, 6.45) is 0. The number of hydrogen-bond donors (Lipinski definition) is 2. The third-order valence-corrected chi connectivity index (χ3v) is 5.88. The van der Waals surface area contributed by atoms with Crippen LogP contribution in [-0.2, 0) is 10.2 Å². The average molecular weight is 476 g/mol. The maximum absolute atomic E-state index is 12.9. The molecule has 0 aliphatic rings. The van der Waals surface area contributed by atoms with E-state index in [2.05, 4.69) is 51.3 Å². The van der Waals surface area contributed by atoms with Crippen LogP contribution < -0.4 is 10.6 Å². The van der Waals surface area contributed by atoms with E-state index in [-0.39, 0.29) is 23.9 Å². The van der Waals surface area contributed by atoms with Gasteiger partial charge in [-0.25, -0.2) is 9.48 Å². The minimum Gasteiger partial charge on any atom is -0.318 e. The van der Waals surface area contributed by atoms with Crippen LogP contribution in [0.4, 0.5) is 16.3 Å². The first kappa shape index (κ1) is 26.0. The van der Waals surface area contributed by atoms with E-state index < -0.39 is 0 Å². The maximum Gasteiger partial charge on any atom is 0.322 e. The van der Waals surface area contributed by atoms with Crippen molar-refractivity contribution in [2.45, 2.75) is 59.8 Å². The number of aryl methyl sites for hydroxylation is 2. The van der Waals surface area contributed by atoms with Crippen molar-refractivity contribution < 1.29 is 9.59 Å². The van der Waals surface area contributed by atoms with Gasteiger partial charge in [-0.15, -0.1) is 0 Å². The Labute approximate surface area is 208 Å². The predicted molar refractivity (Wildman–Crippen MR) is 143 cm³/mol. The lowest BCUT2D eigenvalue weighted by atomic mass is 9.92. The van der Waals surface area contributed by atoms with Crippen molar-refractivity contribution in [2.75, 3.05) is 24.2 Å². The zero-order valence-corrected chi connectivity index (χ0v) is 22.1. The molecule has 35 heavy (non-hydrogen) atoms. The van der Waals surface area contributed by atoms with Gasteiger partial charge in [-0.3, -0.25) is 4.79 Å². The molecule has 0 spiro atoms. The van der Waals surface area contributed by atoms with E-state index in [4.69, 9.17) is 5.10 Å². The molecule has 0 atom stereocenters. The Bertz CT molecular complexity index is 1200. The zero-order chi connectivity index (χ0) is 25.9. The minimum absolute atomic E-state index is 0.0984. The molecule has 0 unspecified atom stereocenters. The van der Waals surface area contributed by atoms with Crippen molar-refractivity contribution in [1.82, 2.24) is 14.7 Å². The van der Waals surface area contributed by atoms with Crippen LogP contribution in [0.3, 0.4) is 0 Å². The Morgan fingerprint density at radius 2 is 1.66 bits per heavy atom. The predicted octanol–water partition coefficient (Wildman–Crippen LogP) is 6.01. The molecule has 0 aliphatic heterocycles. The van der Waals surface area contributed by atoms with Crippen molar-refractivity contribution in [3.05, 3.63) is 70.9 Å². The molecule has 2 aromatic carbocycles. The molecular weight excluding hydrogens is 438 g/mol. The average Bonchev–Trinajstić information content (AvgIpc) is 3.17. The summed E-state index contributed by atoms with van der Waals surface area (Å²) < 4.78 is 1.77. The number of anilines is 2. The normalized spacial score (nSPS) is 11.5. The molecule has 0 bridgehead atoms. The number of rotatable bonds is 6. The van der Waals surface area contributed by atoms with Crippen LogP contribution in [0, 0.1) is 13.8 Å². The van der Waals surface area contributed by atoms with Gasteiger partial charge in [0, 0.05) is 24.2 Å². The number of benzene rings is 2. The lowest BCUT2D eigenvalue weighted by molar-refractivity contribution is -0.116. The smallest absolute Gasteiger partial charge is 0.318 e. The molecule has 1 aromatic heterocycles. The minimum atomic E-state index is -0.351. The Morgan fingerprint density at radius 1 is 1.00 bits per heavy atom. The number of nitrogens with zero attached hydrogens (tertiary/aromatic N) is 3. The monoisotopic (exact) mass is 475 g/mol. The Morgan fingerprint density at radius 3 is 2.23 bits per heavy atom. The lowest BCUT2D eigenvalue weighted by Gasteiger charge is -2.18. The molecule has 0 saturated heterocycles. The SMILES string of the molecule is Cc1ccc(-n2nc(C(C)(C)C)cc2NC(=O)CN(C)C(=O)Nc2ccc(C(C)C)cc2)c(C)c1. The van der Waals surface area contributed by atoms with Gasteiger partial charge in [-0.05, 0) is 49.1 Å². The van der Waals surface area contributed by atoms with Gasteiger partial charge in [0.05, 0.1) is 11.4 Å². The summed E-state index contributed by atoms with van der Waals surface area (Å²) in [5.74, 6) is 0.691. The van der Waals surface area contributed by atoms with E-state index in [0.717, 1.165) is 22.5 Å². The standard InChI is InChI=1S/C28H37N5O2/c1-18(2)21-10-12-22(13-11-21)29-27(35)32(8)17-26(34)30-25-16-24(28(5,6)7)31-33(25)23-14-9-19(3)15-20(23)4/h9-16,18H,17H2,1-8H3,(H,29,35)(H,30,34). The van der Waals surface area contributed by atoms with E-state index >= 15 is 0 Å². The maximum atomic E-state index is 12.9. The number of likely N-dealkylation sites (N-methyl/N-ethyl adjacent to an activating group) is 1. The molecule has 3 amide bonds. The summed E-state index contributed by atoms with van der Waals surface area (Å²) in [5.41, 5.74) is 5.68. The van der Waals surface area contributed by atoms with Gasteiger partial charge < -0.3 is 15.5 Å². The fourth-order valence-corrected chi connectivity index (χ4v) is 3.70. The number of urea groups is 1. The zero-order valence-electron chi connectivity index (χ0n) is 22.1. The molecule has 0 fully saturated rings. The first-order valence-electron chi connectivity index (χ1n) is 11.9. The molecule has 2 N–H and O–H groups in total. The first-order valence-corrected chi connectivity index (χ1v) is 11.9. The van der Waals surface area contributed by atoms with Crippen LogP contribution in [0.25, 0.3) is 5.69 Å². The van der Waals surface area contributed by atoms with Crippen LogP contribution in [-0.4, -0.2) is 40.2 Å². The Kier molecular flexibility index (Phi) is 7.68. The first-order chi connectivity index (χ1) is 16.3. The van der Waals surface area contributed by atoms with Gasteiger partial charge in [0.25, 0.3) is 0 Å². The summed E-state index contributed by atoms with van der Waals surface area (Å²) in [4.78, 5) is 26.9. The largest absolute Gasteiger partial charge is 0.322 e. The molecule has 0 aliphatic carbocycles. The molecule has 1 heterocycles. The summed E-state index contributed by atoms with van der Waals surface area (Å²) in [7, 11) is 1.60. The fourth-order valence-electron chi connectivity index (χ4n) is 3.70. The highest BCUT2D eigenvalue weighted by Gasteiger charge is 2.23. The summed E-state index contributed by atoms with van der Waals surface area (Å²) in [6.45, 7) is 14.5. The number of hydrogen-bond acceptors (Lipinski definition) is 3. The molecule has 186 valence electrons. The van der Waals surface area contributed by atoms with Crippen molar-refractivity contribution >= 4 is 23.4 Å². The number of carbonyl (C=O) groups is 2. The highest BCUT2D eigenvalue weighted by Crippen LogP contribution is 2.28. The third-order valence-electron chi connectivity index (χ3n) is 5.88. The Balaban J connectivity index is 1.74. The molecule has 7 nitrogen and oxygen atoms in total. The van der Waals surface area contributed by atoms with E-state index in [1.54, 1.807) is 11.7 Å². The summed E-state index contributed by atoms with van der Waals surface area (Å²) in [5, 5.41) is 10.6. The second-order valence-electron chi connectivity index (χ2n) is 10.5. The van der Waals surface area contributed by atoms with Gasteiger partial charge in [0.15, 0.2) is 0 Å². The van der Waals surface area contributed by atoms with Crippen LogP contribution in [0.2, 0.25) is 0 Å². The second-order valence-corrected chi connectivity index (χ2v) is 10.5. The summed E-state index contributed by atoms with van der Waals surface area (Å²) in [6, 6.07) is 15.4. The van der Waals surface area contributed by atoms with Gasteiger partial charge in [0.1, 0.15) is 12.4 Å². The van der Waals surface area contributed by atoms with Crippen LogP contribution >= 0.6 is 0 Å². The molecular formula is C28H37N5O2. The molecule has 7 heteroatoms. The fraction of sp³-hybridized carbons (Fsp3) is 0.393. The van der Waals surface area contributed by atoms with E-state index in [1.165, 1.54) is 10.5 Å². The van der Waals surface area contributed by atoms with Crippen molar-refractivity contribution in [2.24, 2.45) is 0 Å². The topological polar surface area (TPSA) is 79.3 Å². The van der Waals surface area contributed by atoms with Gasteiger partial charge in [0.2, 0.25) is 5.91 Å². The Hall–Kier alpha value is -3.61. The van der Waals surface area contributed by atoms with Gasteiger partial charge in [-0.1, -0.05) is 64.4 Å². The van der Waals surface area contributed by atoms with Gasteiger partial charge >= 0.3 is 6.03 Å². The highest BCUT2D eigenvalue weighted by atomic mass is 16.2. The highest BCUT2D eigenvalue weighted by molar-refractivity contribution is 5.96. The van der Waals surface area contributed by atoms with Gasteiger partial charge in [-0.2, -0.15) is 5.10 Å². The van der Waals surface area contributed by atoms with Crippen LogP contribution in [0.1, 0.15) is 62.9 Å². The lowest BCUT2D eigenvalue weighted by Crippen LogP contribution is -2.37. The second kappa shape index (κ2) is 10.3. The van der Waals surface area contributed by atoms with E-state index in [9.17, 15) is 9.59 Å². The van der Waals surface area contributed by atoms with E-state index in [0.29, 0.717) is 17.4 Å². The van der Waals surface area contributed by atoms with Crippen molar-refractivity contribution in [1.29, 1.82) is 0 Å². The number of aromatic nitrogens is 2. The van der Waals surface area contributed by atoms with Crippen LogP contribution in [0.5, 0.6) is 0 Å². The quantitative estimate of drug-likeness (QED) is 0.458. The van der Waals surface area contributed by atoms with Crippen molar-refractivity contribution in [3.8, 4) is 5.69 Å². The number of amides is 3. The molecule has 0 saturated carbocycles. The molecule has 3 rings (SSSR count). The summed E-state index contributed by atoms with van der Waals surface area (Å²) >= 11 is 0.